The normalized spacial score (nSPS) is 14.8. The Balaban J connectivity index is 1.81. The smallest absolute Gasteiger partial charge is 0.253 e. The Labute approximate surface area is 182 Å². The molecule has 1 fully saturated rings. The molecule has 0 bridgehead atoms. The molecule has 0 atom stereocenters. The standard InChI is InChI=1S/C21H24Cl2N2O3S/c1-24(17-6-3-4-7-17)21(26)16-12-10-15(11-13-16)14-25(29(2,27)28)19-9-5-8-18(22)20(19)23/h5,8-13,17H,3-4,6-7,14H2,1-2H3. The van der Waals surface area contributed by atoms with Gasteiger partial charge in [0.2, 0.25) is 10.0 Å². The Morgan fingerprint density at radius 2 is 1.69 bits per heavy atom. The van der Waals surface area contributed by atoms with Crippen LogP contribution in [0, 0.1) is 0 Å². The van der Waals surface area contributed by atoms with E-state index in [2.05, 4.69) is 0 Å². The molecule has 0 heterocycles. The minimum atomic E-state index is -3.59. The number of halogens is 2. The van der Waals surface area contributed by atoms with E-state index >= 15 is 0 Å². The summed E-state index contributed by atoms with van der Waals surface area (Å²) >= 11 is 12.3. The van der Waals surface area contributed by atoms with Gasteiger partial charge in [0.15, 0.2) is 0 Å². The van der Waals surface area contributed by atoms with Gasteiger partial charge in [0.25, 0.3) is 5.91 Å². The zero-order valence-corrected chi connectivity index (χ0v) is 18.8. The molecule has 156 valence electrons. The molecule has 0 N–H and O–H groups in total. The van der Waals surface area contributed by atoms with Crippen molar-refractivity contribution in [2.24, 2.45) is 0 Å². The molecule has 3 rings (SSSR count). The highest BCUT2D eigenvalue weighted by Gasteiger charge is 2.25. The quantitative estimate of drug-likeness (QED) is 0.618. The molecule has 29 heavy (non-hydrogen) atoms. The second kappa shape index (κ2) is 8.94. The second-order valence-corrected chi connectivity index (χ2v) is 10.1. The monoisotopic (exact) mass is 454 g/mol. The average Bonchev–Trinajstić information content (AvgIpc) is 3.22. The zero-order chi connectivity index (χ0) is 21.2. The summed E-state index contributed by atoms with van der Waals surface area (Å²) in [6, 6.07) is 12.2. The van der Waals surface area contributed by atoms with Gasteiger partial charge in [0, 0.05) is 18.7 Å². The van der Waals surface area contributed by atoms with Gasteiger partial charge in [0.1, 0.15) is 0 Å². The molecule has 0 radical (unpaired) electrons. The molecule has 1 amide bonds. The van der Waals surface area contributed by atoms with Crippen molar-refractivity contribution < 1.29 is 13.2 Å². The molecule has 0 aromatic heterocycles. The van der Waals surface area contributed by atoms with Crippen molar-refractivity contribution in [3.63, 3.8) is 0 Å². The Morgan fingerprint density at radius 3 is 2.28 bits per heavy atom. The summed E-state index contributed by atoms with van der Waals surface area (Å²) in [5.41, 5.74) is 1.66. The first-order valence-electron chi connectivity index (χ1n) is 9.46. The number of hydrogen-bond donors (Lipinski definition) is 0. The van der Waals surface area contributed by atoms with E-state index in [-0.39, 0.29) is 22.5 Å². The van der Waals surface area contributed by atoms with Crippen LogP contribution in [0.25, 0.3) is 0 Å². The minimum Gasteiger partial charge on any atom is -0.339 e. The molecule has 8 heteroatoms. The average molecular weight is 455 g/mol. The summed E-state index contributed by atoms with van der Waals surface area (Å²) in [6.45, 7) is 0.0891. The van der Waals surface area contributed by atoms with E-state index in [9.17, 15) is 13.2 Å². The largest absolute Gasteiger partial charge is 0.339 e. The van der Waals surface area contributed by atoms with Gasteiger partial charge in [0.05, 0.1) is 28.5 Å². The first-order chi connectivity index (χ1) is 13.7. The number of nitrogens with zero attached hydrogens (tertiary/aromatic N) is 2. The fraction of sp³-hybridized carbons (Fsp3) is 0.381. The molecule has 0 spiro atoms. The summed E-state index contributed by atoms with van der Waals surface area (Å²) in [5, 5.41) is 0.471. The number of benzene rings is 2. The molecular formula is C21H24Cl2N2O3S. The maximum atomic E-state index is 12.7. The molecule has 1 saturated carbocycles. The van der Waals surface area contributed by atoms with Gasteiger partial charge in [-0.15, -0.1) is 0 Å². The predicted octanol–water partition coefficient (Wildman–Crippen LogP) is 4.97. The molecule has 0 saturated heterocycles. The van der Waals surface area contributed by atoms with Crippen molar-refractivity contribution >= 4 is 44.8 Å². The summed E-state index contributed by atoms with van der Waals surface area (Å²) < 4.78 is 26.0. The fourth-order valence-electron chi connectivity index (χ4n) is 3.65. The van der Waals surface area contributed by atoms with E-state index in [0.29, 0.717) is 17.3 Å². The topological polar surface area (TPSA) is 57.7 Å². The Hall–Kier alpha value is -1.76. The molecule has 2 aromatic carbocycles. The summed E-state index contributed by atoms with van der Waals surface area (Å²) in [5.74, 6) is -0.0127. The lowest BCUT2D eigenvalue weighted by Gasteiger charge is -2.25. The number of rotatable bonds is 6. The van der Waals surface area contributed by atoms with Crippen molar-refractivity contribution in [2.45, 2.75) is 38.3 Å². The van der Waals surface area contributed by atoms with Crippen LogP contribution in [0.5, 0.6) is 0 Å². The van der Waals surface area contributed by atoms with Crippen LogP contribution in [0.15, 0.2) is 42.5 Å². The SMILES string of the molecule is CN(C(=O)c1ccc(CN(c2cccc(Cl)c2Cl)S(C)(=O)=O)cc1)C1CCCC1. The third-order valence-corrected chi connectivity index (χ3v) is 7.26. The lowest BCUT2D eigenvalue weighted by atomic mass is 10.1. The van der Waals surface area contributed by atoms with Gasteiger partial charge in [-0.05, 0) is 42.7 Å². The van der Waals surface area contributed by atoms with E-state index in [1.807, 2.05) is 11.9 Å². The molecule has 2 aromatic rings. The first-order valence-corrected chi connectivity index (χ1v) is 12.1. The fourth-order valence-corrected chi connectivity index (χ4v) is 4.99. The van der Waals surface area contributed by atoms with Crippen molar-refractivity contribution in [1.29, 1.82) is 0 Å². The van der Waals surface area contributed by atoms with Crippen molar-refractivity contribution in [1.82, 2.24) is 4.90 Å². The van der Waals surface area contributed by atoms with Crippen LogP contribution in [-0.2, 0) is 16.6 Å². The highest BCUT2D eigenvalue weighted by Crippen LogP contribution is 2.34. The maximum Gasteiger partial charge on any atom is 0.253 e. The molecule has 5 nitrogen and oxygen atoms in total. The maximum absolute atomic E-state index is 12.7. The predicted molar refractivity (Wildman–Crippen MR) is 118 cm³/mol. The van der Waals surface area contributed by atoms with Gasteiger partial charge in [-0.25, -0.2) is 8.42 Å². The van der Waals surface area contributed by atoms with Crippen molar-refractivity contribution in [2.75, 3.05) is 17.6 Å². The van der Waals surface area contributed by atoms with Gasteiger partial charge in [-0.1, -0.05) is 54.2 Å². The Morgan fingerprint density at radius 1 is 1.07 bits per heavy atom. The number of carbonyl (C=O) groups excluding carboxylic acids is 1. The van der Waals surface area contributed by atoms with E-state index in [1.54, 1.807) is 42.5 Å². The third kappa shape index (κ3) is 5.05. The molecule has 0 aliphatic heterocycles. The summed E-state index contributed by atoms with van der Waals surface area (Å²) in [7, 11) is -1.75. The number of sulfonamides is 1. The van der Waals surface area contributed by atoms with Crippen LogP contribution < -0.4 is 4.31 Å². The lowest BCUT2D eigenvalue weighted by molar-refractivity contribution is 0.0735. The van der Waals surface area contributed by atoms with Gasteiger partial charge >= 0.3 is 0 Å². The molecular weight excluding hydrogens is 431 g/mol. The molecule has 1 aliphatic rings. The van der Waals surface area contributed by atoms with Gasteiger partial charge in [-0.2, -0.15) is 0 Å². The summed E-state index contributed by atoms with van der Waals surface area (Å²) in [6.07, 6.45) is 5.54. The van der Waals surface area contributed by atoms with Crippen LogP contribution in [-0.4, -0.2) is 38.6 Å². The Kier molecular flexibility index (Phi) is 6.76. The van der Waals surface area contributed by atoms with Crippen LogP contribution in [0.2, 0.25) is 10.0 Å². The minimum absolute atomic E-state index is 0.0127. The first kappa shape index (κ1) is 21.9. The van der Waals surface area contributed by atoms with E-state index < -0.39 is 10.0 Å². The van der Waals surface area contributed by atoms with Crippen LogP contribution in [0.1, 0.15) is 41.6 Å². The lowest BCUT2D eigenvalue weighted by Crippen LogP contribution is -2.35. The number of carbonyl (C=O) groups is 1. The Bertz CT molecular complexity index is 987. The van der Waals surface area contributed by atoms with Crippen molar-refractivity contribution in [3.05, 3.63) is 63.6 Å². The van der Waals surface area contributed by atoms with E-state index in [1.165, 1.54) is 4.31 Å². The number of amides is 1. The van der Waals surface area contributed by atoms with Crippen LogP contribution in [0.4, 0.5) is 5.69 Å². The highest BCUT2D eigenvalue weighted by atomic mass is 35.5. The van der Waals surface area contributed by atoms with Gasteiger partial charge in [-0.3, -0.25) is 9.10 Å². The zero-order valence-electron chi connectivity index (χ0n) is 16.4. The van der Waals surface area contributed by atoms with Crippen molar-refractivity contribution in [3.8, 4) is 0 Å². The molecule has 0 unspecified atom stereocenters. The second-order valence-electron chi connectivity index (χ2n) is 7.39. The molecule has 1 aliphatic carbocycles. The van der Waals surface area contributed by atoms with Crippen LogP contribution in [0.3, 0.4) is 0 Å². The number of hydrogen-bond acceptors (Lipinski definition) is 3. The van der Waals surface area contributed by atoms with E-state index in [4.69, 9.17) is 23.2 Å². The third-order valence-electron chi connectivity index (χ3n) is 5.32. The highest BCUT2D eigenvalue weighted by molar-refractivity contribution is 7.92. The number of anilines is 1. The summed E-state index contributed by atoms with van der Waals surface area (Å²) in [4.78, 5) is 14.5. The van der Waals surface area contributed by atoms with Gasteiger partial charge < -0.3 is 4.90 Å². The van der Waals surface area contributed by atoms with Crippen LogP contribution >= 0.6 is 23.2 Å². The van der Waals surface area contributed by atoms with E-state index in [0.717, 1.165) is 37.5 Å².